The number of carbonyl (C=O) groups excluding carboxylic acids is 1. The Bertz CT molecular complexity index is 1360. The van der Waals surface area contributed by atoms with Crippen LogP contribution in [0.1, 0.15) is 56.2 Å². The third-order valence-corrected chi connectivity index (χ3v) is 6.33. The summed E-state index contributed by atoms with van der Waals surface area (Å²) in [5, 5.41) is 9.60. The largest absolute Gasteiger partial charge is 0.493 e. The van der Waals surface area contributed by atoms with Crippen molar-refractivity contribution in [2.45, 2.75) is 39.5 Å². The first-order chi connectivity index (χ1) is 15.8. The van der Waals surface area contributed by atoms with E-state index in [0.29, 0.717) is 29.2 Å². The molecule has 0 aliphatic heterocycles. The van der Waals surface area contributed by atoms with Crippen molar-refractivity contribution in [2.24, 2.45) is 0 Å². The van der Waals surface area contributed by atoms with E-state index in [1.165, 1.54) is 6.07 Å². The third-order valence-electron chi connectivity index (χ3n) is 6.33. The van der Waals surface area contributed by atoms with Gasteiger partial charge in [-0.3, -0.25) is 14.2 Å². The fourth-order valence-corrected chi connectivity index (χ4v) is 4.92. The third kappa shape index (κ3) is 3.80. The Morgan fingerprint density at radius 3 is 2.21 bits per heavy atom. The van der Waals surface area contributed by atoms with Crippen LogP contribution in [0.4, 0.5) is 0 Å². The van der Waals surface area contributed by atoms with Crippen LogP contribution in [0.25, 0.3) is 5.69 Å². The smallest absolute Gasteiger partial charge is 0.273 e. The average molecular weight is 443 g/mol. The number of ether oxygens (including phenoxy) is 2. The fourth-order valence-electron chi connectivity index (χ4n) is 4.92. The first-order valence-electron chi connectivity index (χ1n) is 10.8. The zero-order valence-corrected chi connectivity index (χ0v) is 19.5. The highest BCUT2D eigenvalue weighted by atomic mass is 16.5. The van der Waals surface area contributed by atoms with Crippen LogP contribution in [0.3, 0.4) is 0 Å². The van der Waals surface area contributed by atoms with Gasteiger partial charge in [0.25, 0.3) is 5.56 Å². The van der Waals surface area contributed by atoms with E-state index in [9.17, 15) is 14.9 Å². The van der Waals surface area contributed by atoms with Crippen LogP contribution in [0.15, 0.2) is 41.2 Å². The van der Waals surface area contributed by atoms with Crippen LogP contribution in [0.2, 0.25) is 0 Å². The van der Waals surface area contributed by atoms with Crippen molar-refractivity contribution < 1.29 is 14.3 Å². The zero-order valence-electron chi connectivity index (χ0n) is 19.5. The SMILES string of the molecule is COc1ccc(C2CC(=O)c3cc(C#N)c(=O)n(-c4c(C)cc(C)cc4C)c3C2)cc1OC. The van der Waals surface area contributed by atoms with E-state index in [2.05, 4.69) is 0 Å². The Labute approximate surface area is 193 Å². The topological polar surface area (TPSA) is 81.3 Å². The number of hydrogen-bond acceptors (Lipinski definition) is 5. The number of rotatable bonds is 4. The molecule has 1 heterocycles. The second-order valence-corrected chi connectivity index (χ2v) is 8.56. The van der Waals surface area contributed by atoms with Crippen molar-refractivity contribution in [3.8, 4) is 23.3 Å². The van der Waals surface area contributed by atoms with E-state index < -0.39 is 5.56 Å². The number of ketones is 1. The van der Waals surface area contributed by atoms with Crippen molar-refractivity contribution in [3.63, 3.8) is 0 Å². The Morgan fingerprint density at radius 2 is 1.61 bits per heavy atom. The van der Waals surface area contributed by atoms with Gasteiger partial charge in [-0.1, -0.05) is 23.8 Å². The minimum atomic E-state index is -0.396. The Morgan fingerprint density at radius 1 is 0.939 bits per heavy atom. The van der Waals surface area contributed by atoms with Crippen LogP contribution in [0, 0.1) is 32.1 Å². The van der Waals surface area contributed by atoms with Crippen LogP contribution >= 0.6 is 0 Å². The molecule has 0 spiro atoms. The zero-order chi connectivity index (χ0) is 23.9. The summed E-state index contributed by atoms with van der Waals surface area (Å²) in [5.74, 6) is 0.999. The molecule has 1 aromatic heterocycles. The fraction of sp³-hybridized carbons (Fsp3) is 0.296. The molecule has 0 N–H and O–H groups in total. The molecule has 0 amide bonds. The Kier molecular flexibility index (Phi) is 5.82. The lowest BCUT2D eigenvalue weighted by molar-refractivity contribution is 0.0962. The molecule has 1 atom stereocenters. The monoisotopic (exact) mass is 442 g/mol. The van der Waals surface area contributed by atoms with Crippen LogP contribution in [-0.2, 0) is 6.42 Å². The number of nitriles is 1. The first-order valence-corrected chi connectivity index (χ1v) is 10.8. The Hall–Kier alpha value is -3.85. The lowest BCUT2D eigenvalue weighted by Gasteiger charge is -2.28. The molecule has 4 rings (SSSR count). The molecule has 1 aliphatic rings. The molecule has 0 fully saturated rings. The molecule has 0 saturated carbocycles. The number of hydrogen-bond donors (Lipinski definition) is 0. The van der Waals surface area contributed by atoms with E-state index in [0.717, 1.165) is 27.9 Å². The normalized spacial score (nSPS) is 15.0. The van der Waals surface area contributed by atoms with E-state index in [1.54, 1.807) is 18.8 Å². The molecular weight excluding hydrogens is 416 g/mol. The Balaban J connectivity index is 1.94. The molecule has 0 saturated heterocycles. The van der Waals surface area contributed by atoms with E-state index in [4.69, 9.17) is 9.47 Å². The highest BCUT2D eigenvalue weighted by Crippen LogP contribution is 2.38. The quantitative estimate of drug-likeness (QED) is 0.591. The minimum Gasteiger partial charge on any atom is -0.493 e. The molecule has 33 heavy (non-hydrogen) atoms. The predicted molar refractivity (Wildman–Crippen MR) is 126 cm³/mol. The number of fused-ring (bicyclic) bond motifs is 1. The number of pyridine rings is 1. The molecule has 1 aliphatic carbocycles. The molecule has 0 radical (unpaired) electrons. The van der Waals surface area contributed by atoms with Crippen molar-refractivity contribution in [2.75, 3.05) is 14.2 Å². The molecular formula is C27H26N2O4. The lowest BCUT2D eigenvalue weighted by Crippen LogP contribution is -2.32. The maximum absolute atomic E-state index is 13.4. The van der Waals surface area contributed by atoms with Crippen LogP contribution in [-0.4, -0.2) is 24.6 Å². The maximum Gasteiger partial charge on any atom is 0.273 e. The number of aromatic nitrogens is 1. The van der Waals surface area contributed by atoms with E-state index >= 15 is 0 Å². The number of Topliss-reactive ketones (excluding diaryl/α,β-unsaturated/α-hetero) is 1. The molecule has 1 unspecified atom stereocenters. The van der Waals surface area contributed by atoms with Gasteiger partial charge in [0.1, 0.15) is 11.6 Å². The molecule has 6 heteroatoms. The summed E-state index contributed by atoms with van der Waals surface area (Å²) in [5.41, 5.74) is 5.28. The summed E-state index contributed by atoms with van der Waals surface area (Å²) in [7, 11) is 3.16. The lowest BCUT2D eigenvalue weighted by atomic mass is 9.80. The summed E-state index contributed by atoms with van der Waals surface area (Å²) < 4.78 is 12.4. The van der Waals surface area contributed by atoms with Crippen molar-refractivity contribution in [1.29, 1.82) is 5.26 Å². The van der Waals surface area contributed by atoms with Gasteiger partial charge in [0.15, 0.2) is 17.3 Å². The van der Waals surface area contributed by atoms with Gasteiger partial charge in [-0.25, -0.2) is 0 Å². The maximum atomic E-state index is 13.4. The predicted octanol–water partition coefficient (Wildman–Crippen LogP) is 4.56. The van der Waals surface area contributed by atoms with Gasteiger partial charge in [-0.2, -0.15) is 5.26 Å². The van der Waals surface area contributed by atoms with E-state index in [-0.39, 0.29) is 23.7 Å². The number of carbonyl (C=O) groups is 1. The standard InChI is InChI=1S/C27H26N2O4/c1-15-8-16(2)26(17(3)9-15)29-22-11-19(18-6-7-24(32-4)25(13-18)33-5)12-23(30)21(22)10-20(14-28)27(29)31/h6-10,13,19H,11-12H2,1-5H3. The second kappa shape index (κ2) is 8.59. The van der Waals surface area contributed by atoms with E-state index in [1.807, 2.05) is 57.2 Å². The first kappa shape index (κ1) is 22.3. The summed E-state index contributed by atoms with van der Waals surface area (Å²) in [4.78, 5) is 26.6. The van der Waals surface area contributed by atoms with Crippen LogP contribution < -0.4 is 15.0 Å². The van der Waals surface area contributed by atoms with Gasteiger partial charge in [0.05, 0.1) is 19.9 Å². The van der Waals surface area contributed by atoms with Gasteiger partial charge in [0.2, 0.25) is 0 Å². The summed E-state index contributed by atoms with van der Waals surface area (Å²) in [6, 6.07) is 13.1. The van der Waals surface area contributed by atoms with Gasteiger partial charge in [-0.05, 0) is 68.0 Å². The molecule has 0 bridgehead atoms. The van der Waals surface area contributed by atoms with Gasteiger partial charge in [-0.15, -0.1) is 0 Å². The minimum absolute atomic E-state index is 0.0222. The molecule has 2 aromatic carbocycles. The van der Waals surface area contributed by atoms with Gasteiger partial charge >= 0.3 is 0 Å². The van der Waals surface area contributed by atoms with Gasteiger partial charge < -0.3 is 9.47 Å². The highest BCUT2D eigenvalue weighted by molar-refractivity contribution is 5.99. The van der Waals surface area contributed by atoms with Gasteiger partial charge in [0, 0.05) is 17.7 Å². The molecule has 3 aromatic rings. The van der Waals surface area contributed by atoms with Crippen LogP contribution in [0.5, 0.6) is 11.5 Å². The molecule has 168 valence electrons. The second-order valence-electron chi connectivity index (χ2n) is 8.56. The number of methoxy groups -OCH3 is 2. The van der Waals surface area contributed by atoms with Crippen molar-refractivity contribution >= 4 is 5.78 Å². The summed E-state index contributed by atoms with van der Waals surface area (Å²) >= 11 is 0. The highest BCUT2D eigenvalue weighted by Gasteiger charge is 2.31. The molecule has 6 nitrogen and oxygen atoms in total. The number of aryl methyl sites for hydroxylation is 3. The van der Waals surface area contributed by atoms with Crippen molar-refractivity contribution in [3.05, 3.63) is 85.8 Å². The average Bonchev–Trinajstić information content (AvgIpc) is 2.79. The number of benzene rings is 2. The number of nitrogens with zero attached hydrogens (tertiary/aromatic N) is 2. The van der Waals surface area contributed by atoms with Crippen molar-refractivity contribution in [1.82, 2.24) is 4.57 Å². The summed E-state index contributed by atoms with van der Waals surface area (Å²) in [6.45, 7) is 5.90. The summed E-state index contributed by atoms with van der Waals surface area (Å²) in [6.07, 6.45) is 0.779.